The van der Waals surface area contributed by atoms with Crippen LogP contribution in [0.3, 0.4) is 0 Å². The number of carbonyl (C=O) groups is 2. The number of benzene rings is 1. The lowest BCUT2D eigenvalue weighted by atomic mass is 10.0. The van der Waals surface area contributed by atoms with Crippen molar-refractivity contribution < 1.29 is 14.3 Å². The predicted octanol–water partition coefficient (Wildman–Crippen LogP) is 2.91. The Balaban J connectivity index is 2.33. The topological polar surface area (TPSA) is 43.4 Å². The van der Waals surface area contributed by atoms with E-state index in [1.165, 1.54) is 7.11 Å². The Labute approximate surface area is 102 Å². The van der Waals surface area contributed by atoms with Gasteiger partial charge in [0.15, 0.2) is 5.78 Å². The first-order valence-electron chi connectivity index (χ1n) is 5.80. The second-order valence-electron chi connectivity index (χ2n) is 4.08. The summed E-state index contributed by atoms with van der Waals surface area (Å²) < 4.78 is 4.53. The minimum atomic E-state index is -0.215. The second kappa shape index (κ2) is 6.84. The van der Waals surface area contributed by atoms with E-state index >= 15 is 0 Å². The fraction of sp³-hybridized carbons (Fsp3) is 0.429. The summed E-state index contributed by atoms with van der Waals surface area (Å²) in [6.07, 6.45) is 2.30. The standard InChI is InChI=1S/C14H18O3/c1-11-6-5-7-12(10-11)13(15)8-3-4-9-14(16)17-2/h5-7,10H,3-4,8-9H2,1-2H3. The normalized spacial score (nSPS) is 10.0. The van der Waals surface area contributed by atoms with Gasteiger partial charge >= 0.3 is 5.97 Å². The van der Waals surface area contributed by atoms with Gasteiger partial charge in [-0.2, -0.15) is 0 Å². The molecule has 0 atom stereocenters. The van der Waals surface area contributed by atoms with Crippen LogP contribution < -0.4 is 0 Å². The van der Waals surface area contributed by atoms with Crippen molar-refractivity contribution in [2.45, 2.75) is 32.6 Å². The average Bonchev–Trinajstić information content (AvgIpc) is 2.34. The number of ketones is 1. The molecule has 0 aromatic heterocycles. The number of carbonyl (C=O) groups excluding carboxylic acids is 2. The monoisotopic (exact) mass is 234 g/mol. The van der Waals surface area contributed by atoms with Crippen LogP contribution in [0.2, 0.25) is 0 Å². The van der Waals surface area contributed by atoms with Crippen LogP contribution in [0.15, 0.2) is 24.3 Å². The highest BCUT2D eigenvalue weighted by atomic mass is 16.5. The molecule has 0 saturated heterocycles. The van der Waals surface area contributed by atoms with E-state index in [1.54, 1.807) is 0 Å². The summed E-state index contributed by atoms with van der Waals surface area (Å²) in [6.45, 7) is 1.97. The Bertz CT molecular complexity index is 396. The van der Waals surface area contributed by atoms with Crippen LogP contribution in [-0.2, 0) is 9.53 Å². The minimum absolute atomic E-state index is 0.138. The number of esters is 1. The summed E-state index contributed by atoms with van der Waals surface area (Å²) in [5, 5.41) is 0. The molecule has 0 heterocycles. The van der Waals surface area contributed by atoms with Gasteiger partial charge in [0.25, 0.3) is 0 Å². The van der Waals surface area contributed by atoms with E-state index in [4.69, 9.17) is 0 Å². The molecular formula is C14H18O3. The summed E-state index contributed by atoms with van der Waals surface area (Å²) in [4.78, 5) is 22.7. The molecule has 0 radical (unpaired) electrons. The number of unbranched alkanes of at least 4 members (excludes halogenated alkanes) is 1. The van der Waals surface area contributed by atoms with E-state index in [0.717, 1.165) is 17.5 Å². The number of ether oxygens (including phenoxy) is 1. The molecule has 0 amide bonds. The summed E-state index contributed by atoms with van der Waals surface area (Å²) in [5.74, 6) is -0.0772. The molecule has 0 unspecified atom stereocenters. The Hall–Kier alpha value is -1.64. The van der Waals surface area contributed by atoms with Crippen LogP contribution in [0, 0.1) is 6.92 Å². The van der Waals surface area contributed by atoms with Crippen molar-refractivity contribution in [1.82, 2.24) is 0 Å². The van der Waals surface area contributed by atoms with Crippen LogP contribution in [0.25, 0.3) is 0 Å². The lowest BCUT2D eigenvalue weighted by molar-refractivity contribution is -0.140. The Kier molecular flexibility index (Phi) is 5.40. The molecule has 0 spiro atoms. The molecule has 0 N–H and O–H groups in total. The van der Waals surface area contributed by atoms with Crippen molar-refractivity contribution in [3.8, 4) is 0 Å². The highest BCUT2D eigenvalue weighted by Crippen LogP contribution is 2.10. The molecule has 17 heavy (non-hydrogen) atoms. The number of rotatable bonds is 6. The first kappa shape index (κ1) is 13.4. The lowest BCUT2D eigenvalue weighted by Gasteiger charge is -2.02. The van der Waals surface area contributed by atoms with Gasteiger partial charge in [0.2, 0.25) is 0 Å². The van der Waals surface area contributed by atoms with E-state index in [2.05, 4.69) is 4.74 Å². The predicted molar refractivity (Wildman–Crippen MR) is 66.0 cm³/mol. The maximum absolute atomic E-state index is 11.8. The SMILES string of the molecule is COC(=O)CCCCC(=O)c1cccc(C)c1. The highest BCUT2D eigenvalue weighted by molar-refractivity contribution is 5.96. The minimum Gasteiger partial charge on any atom is -0.469 e. The zero-order valence-electron chi connectivity index (χ0n) is 10.4. The third-order valence-electron chi connectivity index (χ3n) is 2.60. The molecule has 1 aromatic carbocycles. The van der Waals surface area contributed by atoms with Gasteiger partial charge in [0, 0.05) is 18.4 Å². The van der Waals surface area contributed by atoms with Crippen LogP contribution in [-0.4, -0.2) is 18.9 Å². The van der Waals surface area contributed by atoms with Gasteiger partial charge < -0.3 is 4.74 Å². The molecule has 3 nitrogen and oxygen atoms in total. The van der Waals surface area contributed by atoms with Crippen molar-refractivity contribution in [3.63, 3.8) is 0 Å². The highest BCUT2D eigenvalue weighted by Gasteiger charge is 2.06. The van der Waals surface area contributed by atoms with Crippen molar-refractivity contribution in [1.29, 1.82) is 0 Å². The number of methoxy groups -OCH3 is 1. The molecule has 0 bridgehead atoms. The first-order chi connectivity index (χ1) is 8.13. The fourth-order valence-electron chi connectivity index (χ4n) is 1.62. The van der Waals surface area contributed by atoms with Crippen LogP contribution >= 0.6 is 0 Å². The van der Waals surface area contributed by atoms with E-state index in [1.807, 2.05) is 31.2 Å². The lowest BCUT2D eigenvalue weighted by Crippen LogP contribution is -2.02. The van der Waals surface area contributed by atoms with Crippen LogP contribution in [0.1, 0.15) is 41.6 Å². The average molecular weight is 234 g/mol. The smallest absolute Gasteiger partial charge is 0.305 e. The van der Waals surface area contributed by atoms with Gasteiger partial charge in [-0.25, -0.2) is 0 Å². The van der Waals surface area contributed by atoms with Crippen molar-refractivity contribution in [2.24, 2.45) is 0 Å². The third-order valence-corrected chi connectivity index (χ3v) is 2.60. The first-order valence-corrected chi connectivity index (χ1v) is 5.80. The molecule has 1 rings (SSSR count). The largest absolute Gasteiger partial charge is 0.469 e. The fourth-order valence-corrected chi connectivity index (χ4v) is 1.62. The summed E-state index contributed by atoms with van der Waals surface area (Å²) >= 11 is 0. The number of hydrogen-bond donors (Lipinski definition) is 0. The van der Waals surface area contributed by atoms with Crippen LogP contribution in [0.5, 0.6) is 0 Å². The zero-order chi connectivity index (χ0) is 12.7. The molecule has 92 valence electrons. The van der Waals surface area contributed by atoms with Gasteiger partial charge in [0.05, 0.1) is 7.11 Å². The van der Waals surface area contributed by atoms with Gasteiger partial charge in [-0.15, -0.1) is 0 Å². The molecule has 1 aromatic rings. The molecule has 0 aliphatic rings. The maximum atomic E-state index is 11.8. The van der Waals surface area contributed by atoms with Gasteiger partial charge in [0.1, 0.15) is 0 Å². The Morgan fingerprint density at radius 2 is 1.88 bits per heavy atom. The maximum Gasteiger partial charge on any atom is 0.305 e. The van der Waals surface area contributed by atoms with E-state index in [9.17, 15) is 9.59 Å². The quantitative estimate of drug-likeness (QED) is 0.432. The molecule has 0 aliphatic carbocycles. The third kappa shape index (κ3) is 4.81. The summed E-state index contributed by atoms with van der Waals surface area (Å²) in [5.41, 5.74) is 1.84. The molecular weight excluding hydrogens is 216 g/mol. The van der Waals surface area contributed by atoms with Gasteiger partial charge in [-0.1, -0.05) is 23.8 Å². The van der Waals surface area contributed by atoms with Crippen molar-refractivity contribution >= 4 is 11.8 Å². The van der Waals surface area contributed by atoms with Gasteiger partial charge in [-0.3, -0.25) is 9.59 Å². The zero-order valence-corrected chi connectivity index (χ0v) is 10.4. The number of aryl methyl sites for hydroxylation is 1. The Morgan fingerprint density at radius 3 is 2.53 bits per heavy atom. The number of Topliss-reactive ketones (excluding diaryl/α,β-unsaturated/α-hetero) is 1. The van der Waals surface area contributed by atoms with E-state index < -0.39 is 0 Å². The van der Waals surface area contributed by atoms with Crippen molar-refractivity contribution in [3.05, 3.63) is 35.4 Å². The molecule has 3 heteroatoms. The summed E-state index contributed by atoms with van der Waals surface area (Å²) in [7, 11) is 1.38. The number of hydrogen-bond acceptors (Lipinski definition) is 3. The molecule has 0 fully saturated rings. The van der Waals surface area contributed by atoms with E-state index in [-0.39, 0.29) is 11.8 Å². The van der Waals surface area contributed by atoms with Crippen molar-refractivity contribution in [2.75, 3.05) is 7.11 Å². The van der Waals surface area contributed by atoms with Crippen LogP contribution in [0.4, 0.5) is 0 Å². The van der Waals surface area contributed by atoms with Gasteiger partial charge in [-0.05, 0) is 25.8 Å². The molecule has 0 saturated carbocycles. The second-order valence-corrected chi connectivity index (χ2v) is 4.08. The summed E-state index contributed by atoms with van der Waals surface area (Å²) in [6, 6.07) is 7.57. The van der Waals surface area contributed by atoms with E-state index in [0.29, 0.717) is 19.3 Å². The molecule has 0 aliphatic heterocycles. The Morgan fingerprint density at radius 1 is 1.18 bits per heavy atom.